The first-order valence-electron chi connectivity index (χ1n) is 4.58. The van der Waals surface area contributed by atoms with Gasteiger partial charge in [0.15, 0.2) is 5.41 Å². The Morgan fingerprint density at radius 3 is 2.93 bits per heavy atom. The van der Waals surface area contributed by atoms with Gasteiger partial charge in [0, 0.05) is 12.0 Å². The highest BCUT2D eigenvalue weighted by Gasteiger charge is 2.45. The third-order valence-electron chi connectivity index (χ3n) is 2.64. The number of carboxylic acids is 1. The number of nitriles is 1. The van der Waals surface area contributed by atoms with E-state index in [1.54, 1.807) is 24.3 Å². The van der Waals surface area contributed by atoms with Crippen LogP contribution in [0.15, 0.2) is 24.3 Å². The van der Waals surface area contributed by atoms with Crippen LogP contribution in [0.5, 0.6) is 5.75 Å². The number of benzene rings is 1. The minimum absolute atomic E-state index is 0.190. The predicted octanol–water partition coefficient (Wildman–Crippen LogP) is 1.32. The maximum absolute atomic E-state index is 11.2. The molecule has 0 spiro atoms. The number of fused-ring (bicyclic) bond motifs is 1. The van der Waals surface area contributed by atoms with Crippen LogP contribution < -0.4 is 4.74 Å². The summed E-state index contributed by atoms with van der Waals surface area (Å²) >= 11 is 0. The van der Waals surface area contributed by atoms with E-state index < -0.39 is 11.4 Å². The maximum Gasteiger partial charge on any atom is 0.328 e. The third-order valence-corrected chi connectivity index (χ3v) is 2.64. The largest absolute Gasteiger partial charge is 0.493 e. The first kappa shape index (κ1) is 9.53. The summed E-state index contributed by atoms with van der Waals surface area (Å²) in [5.74, 6) is -0.617. The van der Waals surface area contributed by atoms with Crippen molar-refractivity contribution in [1.29, 1.82) is 5.26 Å². The molecule has 1 unspecified atom stereocenters. The number of carbonyl (C=O) groups is 1. The van der Waals surface area contributed by atoms with Crippen LogP contribution in [0.1, 0.15) is 12.0 Å². The van der Waals surface area contributed by atoms with Crippen LogP contribution >= 0.6 is 0 Å². The molecule has 0 saturated heterocycles. The molecule has 1 aromatic carbocycles. The Hall–Kier alpha value is -2.02. The molecular weight excluding hydrogens is 194 g/mol. The number of aliphatic carboxylic acids is 1. The Morgan fingerprint density at radius 1 is 1.53 bits per heavy atom. The van der Waals surface area contributed by atoms with Crippen LogP contribution in [-0.2, 0) is 10.2 Å². The van der Waals surface area contributed by atoms with Crippen LogP contribution in [0, 0.1) is 11.3 Å². The normalized spacial score (nSPS) is 23.4. The van der Waals surface area contributed by atoms with Gasteiger partial charge in [-0.1, -0.05) is 18.2 Å². The van der Waals surface area contributed by atoms with E-state index in [2.05, 4.69) is 0 Å². The second kappa shape index (κ2) is 3.28. The van der Waals surface area contributed by atoms with E-state index in [0.29, 0.717) is 11.3 Å². The quantitative estimate of drug-likeness (QED) is 0.747. The lowest BCUT2D eigenvalue weighted by molar-refractivity contribution is -0.142. The van der Waals surface area contributed by atoms with Crippen LogP contribution in [0.2, 0.25) is 0 Å². The van der Waals surface area contributed by atoms with Crippen molar-refractivity contribution in [1.82, 2.24) is 0 Å². The van der Waals surface area contributed by atoms with Gasteiger partial charge in [-0.25, -0.2) is 0 Å². The van der Waals surface area contributed by atoms with E-state index in [1.165, 1.54) is 0 Å². The van der Waals surface area contributed by atoms with Gasteiger partial charge in [-0.3, -0.25) is 4.79 Å². The highest BCUT2D eigenvalue weighted by atomic mass is 16.5. The smallest absolute Gasteiger partial charge is 0.328 e. The molecule has 76 valence electrons. The zero-order chi connectivity index (χ0) is 10.9. The van der Waals surface area contributed by atoms with Gasteiger partial charge in [-0.05, 0) is 6.07 Å². The van der Waals surface area contributed by atoms with Crippen molar-refractivity contribution in [2.45, 2.75) is 11.8 Å². The summed E-state index contributed by atoms with van der Waals surface area (Å²) < 4.78 is 5.32. The number of rotatable bonds is 1. The van der Waals surface area contributed by atoms with E-state index in [9.17, 15) is 4.79 Å². The molecule has 1 aliphatic heterocycles. The molecule has 1 aromatic rings. The van der Waals surface area contributed by atoms with Crippen molar-refractivity contribution in [2.24, 2.45) is 0 Å². The molecule has 0 bridgehead atoms. The van der Waals surface area contributed by atoms with Crippen molar-refractivity contribution in [3.8, 4) is 11.8 Å². The molecule has 1 heterocycles. The van der Waals surface area contributed by atoms with Gasteiger partial charge >= 0.3 is 5.97 Å². The van der Waals surface area contributed by atoms with Gasteiger partial charge in [0.25, 0.3) is 0 Å². The van der Waals surface area contributed by atoms with Gasteiger partial charge in [0.2, 0.25) is 0 Å². The lowest BCUT2D eigenvalue weighted by Crippen LogP contribution is -2.39. The summed E-state index contributed by atoms with van der Waals surface area (Å²) in [5, 5.41) is 18.2. The highest BCUT2D eigenvalue weighted by Crippen LogP contribution is 2.38. The lowest BCUT2D eigenvalue weighted by atomic mass is 9.77. The molecule has 0 saturated carbocycles. The topological polar surface area (TPSA) is 70.3 Å². The summed E-state index contributed by atoms with van der Waals surface area (Å²) in [4.78, 5) is 11.2. The van der Waals surface area contributed by atoms with Crippen molar-refractivity contribution >= 4 is 5.97 Å². The molecule has 4 heteroatoms. The summed E-state index contributed by atoms with van der Waals surface area (Å²) in [7, 11) is 0. The minimum Gasteiger partial charge on any atom is -0.493 e. The van der Waals surface area contributed by atoms with Crippen molar-refractivity contribution in [2.75, 3.05) is 6.61 Å². The standard InChI is InChI=1S/C11H9NO3/c12-7-11(10(13)14)5-6-15-9-4-2-1-3-8(9)11/h1-4H,5-6H2,(H,13,14). The fraction of sp³-hybridized carbons (Fsp3) is 0.273. The van der Waals surface area contributed by atoms with Crippen molar-refractivity contribution in [3.63, 3.8) is 0 Å². The Kier molecular flexibility index (Phi) is 2.09. The number of para-hydroxylation sites is 1. The van der Waals surface area contributed by atoms with E-state index in [1.807, 2.05) is 6.07 Å². The molecule has 4 nitrogen and oxygen atoms in total. The number of hydrogen-bond donors (Lipinski definition) is 1. The SMILES string of the molecule is N#CC1(C(=O)O)CCOc2ccccc21. The molecular formula is C11H9NO3. The number of ether oxygens (including phenoxy) is 1. The molecule has 0 fully saturated rings. The fourth-order valence-corrected chi connectivity index (χ4v) is 1.78. The molecule has 0 amide bonds. The van der Waals surface area contributed by atoms with E-state index in [4.69, 9.17) is 15.1 Å². The van der Waals surface area contributed by atoms with Gasteiger partial charge in [-0.2, -0.15) is 5.26 Å². The van der Waals surface area contributed by atoms with Gasteiger partial charge in [0.1, 0.15) is 5.75 Å². The number of carboxylic acid groups (broad SMARTS) is 1. The van der Waals surface area contributed by atoms with E-state index in [0.717, 1.165) is 0 Å². The summed E-state index contributed by atoms with van der Waals surface area (Å²) in [6, 6.07) is 8.68. The number of nitrogens with zero attached hydrogens (tertiary/aromatic N) is 1. The summed E-state index contributed by atoms with van der Waals surface area (Å²) in [6.07, 6.45) is 0.190. The molecule has 0 radical (unpaired) electrons. The molecule has 0 aromatic heterocycles. The fourth-order valence-electron chi connectivity index (χ4n) is 1.78. The Balaban J connectivity index is 2.63. The lowest BCUT2D eigenvalue weighted by Gasteiger charge is -2.29. The van der Waals surface area contributed by atoms with Crippen LogP contribution in [0.4, 0.5) is 0 Å². The van der Waals surface area contributed by atoms with Crippen LogP contribution in [-0.4, -0.2) is 17.7 Å². The van der Waals surface area contributed by atoms with Crippen LogP contribution in [0.25, 0.3) is 0 Å². The average molecular weight is 203 g/mol. The Bertz CT molecular complexity index is 449. The first-order valence-corrected chi connectivity index (χ1v) is 4.58. The van der Waals surface area contributed by atoms with E-state index >= 15 is 0 Å². The maximum atomic E-state index is 11.2. The molecule has 1 aliphatic rings. The monoisotopic (exact) mass is 203 g/mol. The van der Waals surface area contributed by atoms with Crippen molar-refractivity contribution in [3.05, 3.63) is 29.8 Å². The highest BCUT2D eigenvalue weighted by molar-refractivity contribution is 5.86. The third kappa shape index (κ3) is 1.24. The van der Waals surface area contributed by atoms with Gasteiger partial charge in [0.05, 0.1) is 12.7 Å². The zero-order valence-electron chi connectivity index (χ0n) is 7.93. The Morgan fingerprint density at radius 2 is 2.27 bits per heavy atom. The summed E-state index contributed by atoms with van der Waals surface area (Å²) in [5.41, 5.74) is -0.999. The number of hydrogen-bond acceptors (Lipinski definition) is 3. The van der Waals surface area contributed by atoms with Gasteiger partial charge < -0.3 is 9.84 Å². The molecule has 15 heavy (non-hydrogen) atoms. The first-order chi connectivity index (χ1) is 7.20. The second-order valence-electron chi connectivity index (χ2n) is 3.42. The molecule has 1 atom stereocenters. The Labute approximate surface area is 86.7 Å². The minimum atomic E-state index is -1.45. The van der Waals surface area contributed by atoms with Crippen LogP contribution in [0.3, 0.4) is 0 Å². The average Bonchev–Trinajstić information content (AvgIpc) is 2.28. The molecule has 1 N–H and O–H groups in total. The summed E-state index contributed by atoms with van der Waals surface area (Å²) in [6.45, 7) is 0.261. The van der Waals surface area contributed by atoms with Gasteiger partial charge in [-0.15, -0.1) is 0 Å². The van der Waals surface area contributed by atoms with E-state index in [-0.39, 0.29) is 13.0 Å². The molecule has 0 aliphatic carbocycles. The zero-order valence-corrected chi connectivity index (χ0v) is 7.93. The molecule has 2 rings (SSSR count). The van der Waals surface area contributed by atoms with Crippen molar-refractivity contribution < 1.29 is 14.6 Å². The predicted molar refractivity (Wildman–Crippen MR) is 51.5 cm³/mol. The second-order valence-corrected chi connectivity index (χ2v) is 3.42.